The van der Waals surface area contributed by atoms with Crippen molar-refractivity contribution in [1.82, 2.24) is 4.90 Å². The van der Waals surface area contributed by atoms with Crippen molar-refractivity contribution in [1.29, 1.82) is 0 Å². The monoisotopic (exact) mass is 337 g/mol. The molecule has 2 rings (SSSR count). The molecule has 1 fully saturated rings. The third-order valence-corrected chi connectivity index (χ3v) is 4.50. The van der Waals surface area contributed by atoms with Crippen molar-refractivity contribution in [2.75, 3.05) is 26.9 Å². The minimum Gasteiger partial charge on any atom is -0.491 e. The first kappa shape index (κ1) is 18.1. The first-order valence-electron chi connectivity index (χ1n) is 7.89. The van der Waals surface area contributed by atoms with E-state index < -0.39 is 24.0 Å². The summed E-state index contributed by atoms with van der Waals surface area (Å²) in [4.78, 5) is 24.2. The van der Waals surface area contributed by atoms with E-state index in [0.29, 0.717) is 31.9 Å². The third-order valence-electron chi connectivity index (χ3n) is 4.50. The second kappa shape index (κ2) is 8.01. The van der Waals surface area contributed by atoms with Crippen molar-refractivity contribution < 1.29 is 29.3 Å². The number of piperidine rings is 1. The second-order valence-corrected chi connectivity index (χ2v) is 5.89. The topological polar surface area (TPSA) is 96.3 Å². The van der Waals surface area contributed by atoms with Crippen LogP contribution < -0.4 is 4.74 Å². The Morgan fingerprint density at radius 2 is 2.04 bits per heavy atom. The van der Waals surface area contributed by atoms with E-state index in [-0.39, 0.29) is 5.92 Å². The molecule has 0 radical (unpaired) electrons. The molecule has 1 aliphatic rings. The van der Waals surface area contributed by atoms with Gasteiger partial charge in [0.15, 0.2) is 0 Å². The fraction of sp³-hybridized carbons (Fsp3) is 0.529. The van der Waals surface area contributed by atoms with Crippen LogP contribution in [0.15, 0.2) is 24.3 Å². The zero-order chi connectivity index (χ0) is 17.7. The summed E-state index contributed by atoms with van der Waals surface area (Å²) in [5.41, 5.74) is 0.856. The number of hydrogen-bond acceptors (Lipinski definition) is 4. The molecular formula is C17H23NO6. The van der Waals surface area contributed by atoms with Crippen LogP contribution in [0.2, 0.25) is 0 Å². The van der Waals surface area contributed by atoms with Crippen LogP contribution in [0.5, 0.6) is 5.75 Å². The molecule has 0 aliphatic carbocycles. The van der Waals surface area contributed by atoms with Gasteiger partial charge in [0, 0.05) is 25.6 Å². The van der Waals surface area contributed by atoms with Gasteiger partial charge in [-0.25, -0.2) is 4.79 Å². The fourth-order valence-electron chi connectivity index (χ4n) is 3.29. The average Bonchev–Trinajstić information content (AvgIpc) is 2.54. The molecule has 132 valence electrons. The Morgan fingerprint density at radius 3 is 2.67 bits per heavy atom. The van der Waals surface area contributed by atoms with Gasteiger partial charge < -0.3 is 24.6 Å². The standard InChI is InChI=1S/C17H23NO6/c1-11-15(16(19)20)14(6-7-18(11)17(21)22)12-4-3-5-13(10-12)24-9-8-23-2/h3-5,10-11,14-15H,6-9H2,1-2H3,(H,19,20)(H,21,22). The number of nitrogens with zero attached hydrogens (tertiary/aromatic N) is 1. The van der Waals surface area contributed by atoms with Gasteiger partial charge in [-0.05, 0) is 31.0 Å². The maximum atomic E-state index is 11.7. The van der Waals surface area contributed by atoms with Gasteiger partial charge in [0.1, 0.15) is 12.4 Å². The van der Waals surface area contributed by atoms with E-state index in [0.717, 1.165) is 5.56 Å². The van der Waals surface area contributed by atoms with Crippen LogP contribution in [0.4, 0.5) is 4.79 Å². The van der Waals surface area contributed by atoms with E-state index in [4.69, 9.17) is 9.47 Å². The fourth-order valence-corrected chi connectivity index (χ4v) is 3.29. The Labute approximate surface area is 140 Å². The first-order chi connectivity index (χ1) is 11.5. The minimum atomic E-state index is -1.08. The quantitative estimate of drug-likeness (QED) is 0.773. The molecule has 1 saturated heterocycles. The van der Waals surface area contributed by atoms with Crippen molar-refractivity contribution >= 4 is 12.1 Å². The van der Waals surface area contributed by atoms with E-state index >= 15 is 0 Å². The van der Waals surface area contributed by atoms with E-state index in [2.05, 4.69) is 0 Å². The van der Waals surface area contributed by atoms with Crippen LogP contribution in [-0.2, 0) is 9.53 Å². The number of carbonyl (C=O) groups is 2. The summed E-state index contributed by atoms with van der Waals surface area (Å²) in [6, 6.07) is 6.75. The van der Waals surface area contributed by atoms with Crippen LogP contribution in [0, 0.1) is 5.92 Å². The molecule has 24 heavy (non-hydrogen) atoms. The molecule has 0 bridgehead atoms. The molecular weight excluding hydrogens is 314 g/mol. The molecule has 7 nitrogen and oxygen atoms in total. The lowest BCUT2D eigenvalue weighted by atomic mass is 9.76. The molecule has 7 heteroatoms. The van der Waals surface area contributed by atoms with Crippen LogP contribution >= 0.6 is 0 Å². The molecule has 1 aliphatic heterocycles. The highest BCUT2D eigenvalue weighted by molar-refractivity contribution is 5.75. The summed E-state index contributed by atoms with van der Waals surface area (Å²) in [7, 11) is 1.59. The Balaban J connectivity index is 2.21. The summed E-state index contributed by atoms with van der Waals surface area (Å²) in [6.45, 7) is 2.85. The normalized spacial score (nSPS) is 23.8. The molecule has 3 atom stereocenters. The van der Waals surface area contributed by atoms with Gasteiger partial charge in [-0.1, -0.05) is 12.1 Å². The SMILES string of the molecule is COCCOc1cccc(C2CCN(C(=O)O)C(C)C2C(=O)O)c1. The lowest BCUT2D eigenvalue weighted by molar-refractivity contribution is -0.146. The molecule has 0 saturated carbocycles. The Hall–Kier alpha value is -2.28. The van der Waals surface area contributed by atoms with E-state index in [1.54, 1.807) is 14.0 Å². The molecule has 1 aromatic carbocycles. The van der Waals surface area contributed by atoms with Crippen molar-refractivity contribution in [2.45, 2.75) is 25.3 Å². The van der Waals surface area contributed by atoms with Gasteiger partial charge in [0.2, 0.25) is 0 Å². The van der Waals surface area contributed by atoms with Gasteiger partial charge in [-0.2, -0.15) is 0 Å². The number of rotatable bonds is 6. The number of amides is 1. The van der Waals surface area contributed by atoms with E-state index in [9.17, 15) is 19.8 Å². The minimum absolute atomic E-state index is 0.251. The van der Waals surface area contributed by atoms with Gasteiger partial charge in [-0.3, -0.25) is 4.79 Å². The number of methoxy groups -OCH3 is 1. The van der Waals surface area contributed by atoms with Crippen molar-refractivity contribution in [3.63, 3.8) is 0 Å². The maximum Gasteiger partial charge on any atom is 0.407 e. The number of benzene rings is 1. The molecule has 3 unspecified atom stereocenters. The predicted octanol–water partition coefficient (Wildman–Crippen LogP) is 2.27. The first-order valence-corrected chi connectivity index (χ1v) is 7.89. The molecule has 1 aromatic rings. The molecule has 2 N–H and O–H groups in total. The van der Waals surface area contributed by atoms with Crippen molar-refractivity contribution in [2.24, 2.45) is 5.92 Å². The number of carboxylic acid groups (broad SMARTS) is 2. The third kappa shape index (κ3) is 3.97. The highest BCUT2D eigenvalue weighted by atomic mass is 16.5. The zero-order valence-corrected chi connectivity index (χ0v) is 13.8. The summed E-state index contributed by atoms with van der Waals surface area (Å²) in [5.74, 6) is -1.37. The predicted molar refractivity (Wildman–Crippen MR) is 86.5 cm³/mol. The summed E-state index contributed by atoms with van der Waals surface area (Å²) in [5, 5.41) is 18.8. The number of carboxylic acids is 1. The highest BCUT2D eigenvalue weighted by Gasteiger charge is 2.42. The van der Waals surface area contributed by atoms with Crippen LogP contribution in [0.3, 0.4) is 0 Å². The molecule has 0 spiro atoms. The Kier molecular flexibility index (Phi) is 6.03. The second-order valence-electron chi connectivity index (χ2n) is 5.89. The van der Waals surface area contributed by atoms with Crippen molar-refractivity contribution in [3.8, 4) is 5.75 Å². The largest absolute Gasteiger partial charge is 0.491 e. The Morgan fingerprint density at radius 1 is 1.29 bits per heavy atom. The molecule has 1 amide bonds. The van der Waals surface area contributed by atoms with E-state index in [1.165, 1.54) is 4.90 Å². The number of hydrogen-bond donors (Lipinski definition) is 2. The van der Waals surface area contributed by atoms with Crippen LogP contribution in [0.1, 0.15) is 24.8 Å². The molecule has 0 aromatic heterocycles. The number of ether oxygens (including phenoxy) is 2. The number of likely N-dealkylation sites (tertiary alicyclic amines) is 1. The lowest BCUT2D eigenvalue weighted by Gasteiger charge is -2.40. The zero-order valence-electron chi connectivity index (χ0n) is 13.8. The maximum absolute atomic E-state index is 11.7. The van der Waals surface area contributed by atoms with Crippen molar-refractivity contribution in [3.05, 3.63) is 29.8 Å². The number of aliphatic carboxylic acids is 1. The summed E-state index contributed by atoms with van der Waals surface area (Å²) < 4.78 is 10.5. The van der Waals surface area contributed by atoms with Gasteiger partial charge in [0.05, 0.1) is 12.5 Å². The van der Waals surface area contributed by atoms with Gasteiger partial charge >= 0.3 is 12.1 Å². The van der Waals surface area contributed by atoms with Crippen LogP contribution in [0.25, 0.3) is 0 Å². The lowest BCUT2D eigenvalue weighted by Crippen LogP contribution is -2.51. The van der Waals surface area contributed by atoms with Gasteiger partial charge in [-0.15, -0.1) is 0 Å². The summed E-state index contributed by atoms with van der Waals surface area (Å²) in [6.07, 6.45) is -0.612. The van der Waals surface area contributed by atoms with Gasteiger partial charge in [0.25, 0.3) is 0 Å². The average molecular weight is 337 g/mol. The Bertz CT molecular complexity index is 590. The van der Waals surface area contributed by atoms with Crippen LogP contribution in [-0.4, -0.2) is 60.1 Å². The molecule has 1 heterocycles. The highest BCUT2D eigenvalue weighted by Crippen LogP contribution is 2.38. The summed E-state index contributed by atoms with van der Waals surface area (Å²) >= 11 is 0. The smallest absolute Gasteiger partial charge is 0.407 e. The van der Waals surface area contributed by atoms with E-state index in [1.807, 2.05) is 24.3 Å².